The van der Waals surface area contributed by atoms with Crippen molar-refractivity contribution in [3.05, 3.63) is 12.7 Å². The van der Waals surface area contributed by atoms with Gasteiger partial charge in [0.15, 0.2) is 5.78 Å². The summed E-state index contributed by atoms with van der Waals surface area (Å²) < 4.78 is 4.83. The molecule has 0 aliphatic rings. The summed E-state index contributed by atoms with van der Waals surface area (Å²) in [6.07, 6.45) is 2.46. The molecule has 0 heterocycles. The summed E-state index contributed by atoms with van der Waals surface area (Å²) in [6.45, 7) is 8.96. The van der Waals surface area contributed by atoms with Gasteiger partial charge in [0.2, 0.25) is 0 Å². The molecular weight excluding hydrogens is 180 g/mol. The zero-order chi connectivity index (χ0) is 11.2. The highest BCUT2D eigenvalue weighted by Crippen LogP contribution is 2.23. The van der Waals surface area contributed by atoms with Crippen LogP contribution in [-0.2, 0) is 14.3 Å². The molecule has 0 aromatic heterocycles. The molecule has 0 N–H and O–H groups in total. The largest absolute Gasteiger partial charge is 0.465 e. The predicted octanol–water partition coefficient (Wildman–Crippen LogP) is 2.11. The van der Waals surface area contributed by atoms with E-state index in [4.69, 9.17) is 4.74 Å². The van der Waals surface area contributed by atoms with Gasteiger partial charge in [-0.2, -0.15) is 0 Å². The van der Waals surface area contributed by atoms with Crippen LogP contribution in [0.4, 0.5) is 0 Å². The van der Waals surface area contributed by atoms with E-state index in [1.54, 1.807) is 13.8 Å². The van der Waals surface area contributed by atoms with E-state index in [-0.39, 0.29) is 12.4 Å². The average molecular weight is 198 g/mol. The van der Waals surface area contributed by atoms with Crippen LogP contribution in [0.2, 0.25) is 0 Å². The van der Waals surface area contributed by atoms with Crippen LogP contribution >= 0.6 is 0 Å². The maximum Gasteiger partial charge on any atom is 0.323 e. The lowest BCUT2D eigenvalue weighted by Crippen LogP contribution is -2.36. The van der Waals surface area contributed by atoms with Crippen molar-refractivity contribution in [1.82, 2.24) is 0 Å². The molecule has 0 aliphatic carbocycles. The highest BCUT2D eigenvalue weighted by atomic mass is 16.5. The topological polar surface area (TPSA) is 43.4 Å². The van der Waals surface area contributed by atoms with Gasteiger partial charge in [0, 0.05) is 6.42 Å². The Morgan fingerprint density at radius 1 is 1.43 bits per heavy atom. The van der Waals surface area contributed by atoms with Crippen LogP contribution in [0.3, 0.4) is 0 Å². The molecule has 0 radical (unpaired) electrons. The van der Waals surface area contributed by atoms with Crippen LogP contribution in [-0.4, -0.2) is 18.4 Å². The van der Waals surface area contributed by atoms with Crippen LogP contribution in [0.25, 0.3) is 0 Å². The molecule has 0 fully saturated rings. The van der Waals surface area contributed by atoms with Crippen LogP contribution in [0, 0.1) is 5.41 Å². The molecule has 0 saturated carbocycles. The van der Waals surface area contributed by atoms with Gasteiger partial charge in [-0.3, -0.25) is 9.59 Å². The van der Waals surface area contributed by atoms with Crippen molar-refractivity contribution in [2.24, 2.45) is 5.41 Å². The fraction of sp³-hybridized carbons (Fsp3) is 0.636. The lowest BCUT2D eigenvalue weighted by atomic mass is 9.84. The Bertz CT molecular complexity index is 213. The summed E-state index contributed by atoms with van der Waals surface area (Å²) in [5.41, 5.74) is -1.17. The van der Waals surface area contributed by atoms with Gasteiger partial charge < -0.3 is 4.74 Å². The molecule has 80 valence electrons. The van der Waals surface area contributed by atoms with Crippen molar-refractivity contribution in [2.75, 3.05) is 6.61 Å². The number of hydrogen-bond acceptors (Lipinski definition) is 3. The van der Waals surface area contributed by atoms with E-state index >= 15 is 0 Å². The number of carbonyl (C=O) groups excluding carboxylic acids is 2. The molecule has 14 heavy (non-hydrogen) atoms. The Hall–Kier alpha value is -1.12. The van der Waals surface area contributed by atoms with E-state index in [0.29, 0.717) is 6.42 Å². The number of rotatable bonds is 6. The van der Waals surface area contributed by atoms with Crippen LogP contribution < -0.4 is 0 Å². The fourth-order valence-corrected chi connectivity index (χ4v) is 1.08. The maximum atomic E-state index is 11.6. The summed E-state index contributed by atoms with van der Waals surface area (Å²) in [4.78, 5) is 23.1. The minimum Gasteiger partial charge on any atom is -0.465 e. The lowest BCUT2D eigenvalue weighted by Gasteiger charge is -2.21. The first-order chi connectivity index (χ1) is 6.52. The Morgan fingerprint density at radius 2 is 2.00 bits per heavy atom. The number of esters is 1. The van der Waals surface area contributed by atoms with Gasteiger partial charge in [-0.05, 0) is 20.3 Å². The van der Waals surface area contributed by atoms with Gasteiger partial charge in [0.1, 0.15) is 5.41 Å². The maximum absolute atomic E-state index is 11.6. The van der Waals surface area contributed by atoms with Gasteiger partial charge in [-0.25, -0.2) is 0 Å². The fourth-order valence-electron chi connectivity index (χ4n) is 1.08. The Labute approximate surface area is 85.1 Å². The first-order valence-corrected chi connectivity index (χ1v) is 4.87. The van der Waals surface area contributed by atoms with Crippen molar-refractivity contribution in [2.45, 2.75) is 33.6 Å². The first kappa shape index (κ1) is 12.9. The third kappa shape index (κ3) is 2.69. The third-order valence-electron chi connectivity index (χ3n) is 2.16. The highest BCUT2D eigenvalue weighted by Gasteiger charge is 2.38. The zero-order valence-electron chi connectivity index (χ0n) is 9.13. The van der Waals surface area contributed by atoms with E-state index in [0.717, 1.165) is 6.42 Å². The van der Waals surface area contributed by atoms with E-state index in [1.165, 1.54) is 6.08 Å². The second-order valence-electron chi connectivity index (χ2n) is 3.30. The SMILES string of the molecule is C=CC(C)(C(=O)CCC)C(=O)OCC. The van der Waals surface area contributed by atoms with Crippen LogP contribution in [0.5, 0.6) is 0 Å². The molecule has 0 spiro atoms. The van der Waals surface area contributed by atoms with Gasteiger partial charge in [-0.1, -0.05) is 13.0 Å². The van der Waals surface area contributed by atoms with Crippen molar-refractivity contribution in [3.8, 4) is 0 Å². The second-order valence-corrected chi connectivity index (χ2v) is 3.30. The Morgan fingerprint density at radius 3 is 2.36 bits per heavy atom. The lowest BCUT2D eigenvalue weighted by molar-refractivity contribution is -0.155. The molecule has 0 bridgehead atoms. The predicted molar refractivity (Wildman–Crippen MR) is 54.9 cm³/mol. The summed E-state index contributed by atoms with van der Waals surface area (Å²) in [5, 5.41) is 0. The minimum atomic E-state index is -1.17. The summed E-state index contributed by atoms with van der Waals surface area (Å²) in [5.74, 6) is -0.637. The molecule has 0 amide bonds. The van der Waals surface area contributed by atoms with Crippen LogP contribution in [0.1, 0.15) is 33.6 Å². The molecular formula is C11H18O3. The molecule has 0 aliphatic heterocycles. The Balaban J connectivity index is 4.69. The monoisotopic (exact) mass is 198 g/mol. The van der Waals surface area contributed by atoms with Crippen molar-refractivity contribution < 1.29 is 14.3 Å². The molecule has 3 nitrogen and oxygen atoms in total. The normalized spacial score (nSPS) is 14.2. The van der Waals surface area contributed by atoms with Gasteiger partial charge >= 0.3 is 5.97 Å². The van der Waals surface area contributed by atoms with E-state index in [9.17, 15) is 9.59 Å². The summed E-state index contributed by atoms with van der Waals surface area (Å²) in [6, 6.07) is 0. The molecule has 1 atom stereocenters. The number of ether oxygens (including phenoxy) is 1. The minimum absolute atomic E-state index is 0.131. The van der Waals surface area contributed by atoms with E-state index in [1.807, 2.05) is 6.92 Å². The molecule has 3 heteroatoms. The number of Topliss-reactive ketones (excluding diaryl/α,β-unsaturated/α-hetero) is 1. The van der Waals surface area contributed by atoms with Crippen molar-refractivity contribution in [3.63, 3.8) is 0 Å². The standard InChI is InChI=1S/C11H18O3/c1-5-8-9(12)11(4,6-2)10(13)14-7-3/h6H,2,5,7-8H2,1,3-4H3. The Kier molecular flexibility index (Phi) is 5.13. The smallest absolute Gasteiger partial charge is 0.323 e. The number of hydrogen-bond donors (Lipinski definition) is 0. The van der Waals surface area contributed by atoms with Gasteiger partial charge in [-0.15, -0.1) is 6.58 Å². The van der Waals surface area contributed by atoms with Crippen molar-refractivity contribution in [1.29, 1.82) is 0 Å². The molecule has 0 rings (SSSR count). The molecule has 0 saturated heterocycles. The van der Waals surface area contributed by atoms with Crippen molar-refractivity contribution >= 4 is 11.8 Å². The third-order valence-corrected chi connectivity index (χ3v) is 2.16. The highest BCUT2D eigenvalue weighted by molar-refractivity contribution is 6.05. The first-order valence-electron chi connectivity index (χ1n) is 4.87. The molecule has 0 aromatic rings. The van der Waals surface area contributed by atoms with Gasteiger partial charge in [0.25, 0.3) is 0 Å². The molecule has 1 unspecified atom stereocenters. The zero-order valence-corrected chi connectivity index (χ0v) is 9.13. The second kappa shape index (κ2) is 5.58. The quantitative estimate of drug-likeness (QED) is 0.373. The summed E-state index contributed by atoms with van der Waals surface area (Å²) in [7, 11) is 0. The number of carbonyl (C=O) groups is 2. The van der Waals surface area contributed by atoms with E-state index in [2.05, 4.69) is 6.58 Å². The average Bonchev–Trinajstić information content (AvgIpc) is 2.17. The van der Waals surface area contributed by atoms with Crippen LogP contribution in [0.15, 0.2) is 12.7 Å². The van der Waals surface area contributed by atoms with E-state index < -0.39 is 11.4 Å². The number of ketones is 1. The van der Waals surface area contributed by atoms with Gasteiger partial charge in [0.05, 0.1) is 6.61 Å². The summed E-state index contributed by atoms with van der Waals surface area (Å²) >= 11 is 0. The molecule has 0 aromatic carbocycles.